The van der Waals surface area contributed by atoms with Crippen LogP contribution in [0.15, 0.2) is 83.1 Å². The monoisotopic (exact) mass is 574 g/mol. The number of nitrogens with two attached hydrogens (primary N) is 1. The molecule has 8 nitrogen and oxygen atoms in total. The third kappa shape index (κ3) is 5.06. The normalized spacial score (nSPS) is 13.4. The van der Waals surface area contributed by atoms with E-state index in [-0.39, 0.29) is 22.9 Å². The van der Waals surface area contributed by atoms with E-state index in [4.69, 9.17) is 10.2 Å². The second kappa shape index (κ2) is 10.1. The highest BCUT2D eigenvalue weighted by atomic mass is 32.2. The molecule has 6 rings (SSSR count). The number of aromatic nitrogens is 3. The van der Waals surface area contributed by atoms with E-state index in [9.17, 15) is 18.3 Å². The van der Waals surface area contributed by atoms with Gasteiger partial charge in [0.05, 0.1) is 16.3 Å². The number of sulfonamides is 1. The highest BCUT2D eigenvalue weighted by Gasteiger charge is 2.34. The van der Waals surface area contributed by atoms with Crippen LogP contribution in [0.5, 0.6) is 0 Å². The zero-order chi connectivity index (χ0) is 28.0. The third-order valence-electron chi connectivity index (χ3n) is 6.84. The predicted molar refractivity (Wildman–Crippen MR) is 150 cm³/mol. The Labute approximate surface area is 233 Å². The van der Waals surface area contributed by atoms with Crippen molar-refractivity contribution in [2.24, 2.45) is 5.14 Å². The molecular weight excluding hydrogens is 551 g/mol. The molecule has 0 amide bonds. The Morgan fingerprint density at radius 3 is 2.40 bits per heavy atom. The second-order valence-corrected chi connectivity index (χ2v) is 12.0. The summed E-state index contributed by atoms with van der Waals surface area (Å²) in [5.74, 6) is -1.67. The molecule has 202 valence electrons. The minimum atomic E-state index is -4.06. The van der Waals surface area contributed by atoms with Gasteiger partial charge in [-0.2, -0.15) is 5.10 Å². The van der Waals surface area contributed by atoms with E-state index in [1.165, 1.54) is 28.8 Å². The van der Waals surface area contributed by atoms with E-state index in [2.05, 4.69) is 4.98 Å². The van der Waals surface area contributed by atoms with Crippen LogP contribution in [0.1, 0.15) is 46.1 Å². The zero-order valence-electron chi connectivity index (χ0n) is 21.0. The van der Waals surface area contributed by atoms with Crippen LogP contribution >= 0.6 is 11.3 Å². The Bertz CT molecular complexity index is 1860. The van der Waals surface area contributed by atoms with Gasteiger partial charge in [-0.15, -0.1) is 11.3 Å². The average Bonchev–Trinajstić information content (AvgIpc) is 3.52. The molecule has 1 aliphatic rings. The van der Waals surface area contributed by atoms with Crippen molar-refractivity contribution in [2.45, 2.75) is 30.1 Å². The lowest BCUT2D eigenvalue weighted by atomic mass is 9.95. The van der Waals surface area contributed by atoms with Gasteiger partial charge in [-0.25, -0.2) is 32.4 Å². The number of halogens is 1. The molecule has 0 saturated heterocycles. The zero-order valence-corrected chi connectivity index (χ0v) is 22.6. The van der Waals surface area contributed by atoms with Crippen LogP contribution < -0.4 is 5.14 Å². The number of thiazole rings is 1. The molecular formula is C29H23FN4O4S2. The van der Waals surface area contributed by atoms with E-state index in [0.717, 1.165) is 46.9 Å². The van der Waals surface area contributed by atoms with Crippen LogP contribution in [0.25, 0.3) is 27.5 Å². The lowest BCUT2D eigenvalue weighted by molar-refractivity contribution is 0.0691. The standard InChI is InChI=1S/C29H23FN4O4S2/c30-24-15-22(40(31,37)38)12-11-20(24)14-23-26(21-8-4-7-19(13-21)17-5-2-1-3-6-17)33-34(27(23)18-9-10-18)29-32-25(16-39-29)28(35)36/h1-8,11-13,15-16,18H,9-10,14H2,(H,35,36)(H2,31,37,38). The number of hydrogen-bond donors (Lipinski definition) is 2. The minimum Gasteiger partial charge on any atom is -0.476 e. The summed E-state index contributed by atoms with van der Waals surface area (Å²) >= 11 is 1.18. The molecule has 0 radical (unpaired) electrons. The molecule has 0 bridgehead atoms. The molecule has 5 aromatic rings. The number of carboxylic acids is 1. The van der Waals surface area contributed by atoms with Crippen molar-refractivity contribution in [3.63, 3.8) is 0 Å². The van der Waals surface area contributed by atoms with E-state index in [1.54, 1.807) is 4.68 Å². The highest BCUT2D eigenvalue weighted by molar-refractivity contribution is 7.89. The SMILES string of the molecule is NS(=O)(=O)c1ccc(Cc2c(-c3cccc(-c4ccccc4)c3)nn(-c3nc(C(=O)O)cs3)c2C2CC2)c(F)c1. The first-order valence-corrected chi connectivity index (χ1v) is 14.9. The van der Waals surface area contributed by atoms with Crippen molar-refractivity contribution in [1.82, 2.24) is 14.8 Å². The maximum atomic E-state index is 15.2. The van der Waals surface area contributed by atoms with E-state index < -0.39 is 21.8 Å². The van der Waals surface area contributed by atoms with Gasteiger partial charge in [0.2, 0.25) is 15.2 Å². The molecule has 3 N–H and O–H groups in total. The second-order valence-electron chi connectivity index (χ2n) is 9.64. The van der Waals surface area contributed by atoms with Gasteiger partial charge in [-0.1, -0.05) is 54.6 Å². The summed E-state index contributed by atoms with van der Waals surface area (Å²) in [5, 5.41) is 21.5. The van der Waals surface area contributed by atoms with E-state index >= 15 is 4.39 Å². The van der Waals surface area contributed by atoms with Crippen molar-refractivity contribution >= 4 is 27.3 Å². The molecule has 0 unspecified atom stereocenters. The van der Waals surface area contributed by atoms with Gasteiger partial charge < -0.3 is 5.11 Å². The average molecular weight is 575 g/mol. The number of benzene rings is 3. The molecule has 11 heteroatoms. The summed E-state index contributed by atoms with van der Waals surface area (Å²) in [7, 11) is -4.06. The maximum Gasteiger partial charge on any atom is 0.355 e. The molecule has 0 atom stereocenters. The fourth-order valence-electron chi connectivity index (χ4n) is 4.77. The van der Waals surface area contributed by atoms with Crippen LogP contribution in [0.4, 0.5) is 4.39 Å². The van der Waals surface area contributed by atoms with E-state index in [1.807, 2.05) is 54.6 Å². The Morgan fingerprint density at radius 1 is 1.02 bits per heavy atom. The van der Waals surface area contributed by atoms with Crippen LogP contribution in [-0.4, -0.2) is 34.3 Å². The van der Waals surface area contributed by atoms with Crippen LogP contribution in [-0.2, 0) is 16.4 Å². The fraction of sp³-hybridized carbons (Fsp3) is 0.138. The Hall–Kier alpha value is -4.19. The smallest absolute Gasteiger partial charge is 0.355 e. The summed E-state index contributed by atoms with van der Waals surface area (Å²) in [6.07, 6.45) is 1.96. The topological polar surface area (TPSA) is 128 Å². The number of nitrogens with zero attached hydrogens (tertiary/aromatic N) is 3. The van der Waals surface area contributed by atoms with Crippen molar-refractivity contribution in [3.05, 3.63) is 107 Å². The molecule has 40 heavy (non-hydrogen) atoms. The number of aromatic carboxylic acids is 1. The Balaban J connectivity index is 1.53. The molecule has 2 heterocycles. The predicted octanol–water partition coefficient (Wildman–Crippen LogP) is 5.62. The van der Waals surface area contributed by atoms with Gasteiger partial charge >= 0.3 is 5.97 Å². The lowest BCUT2D eigenvalue weighted by Crippen LogP contribution is -2.12. The van der Waals surface area contributed by atoms with Crippen molar-refractivity contribution in [3.8, 4) is 27.5 Å². The number of carbonyl (C=O) groups is 1. The molecule has 0 spiro atoms. The van der Waals surface area contributed by atoms with Gasteiger partial charge in [0.15, 0.2) is 5.69 Å². The molecule has 0 aliphatic heterocycles. The fourth-order valence-corrected chi connectivity index (χ4v) is 6.05. The van der Waals surface area contributed by atoms with E-state index in [0.29, 0.717) is 16.4 Å². The summed E-state index contributed by atoms with van der Waals surface area (Å²) in [6, 6.07) is 21.5. The molecule has 1 aliphatic carbocycles. The summed E-state index contributed by atoms with van der Waals surface area (Å²) in [4.78, 5) is 15.5. The molecule has 1 saturated carbocycles. The van der Waals surface area contributed by atoms with Crippen molar-refractivity contribution in [1.29, 1.82) is 0 Å². The molecule has 2 aromatic heterocycles. The van der Waals surface area contributed by atoms with Gasteiger partial charge in [-0.3, -0.25) is 0 Å². The summed E-state index contributed by atoms with van der Waals surface area (Å²) in [6.45, 7) is 0. The van der Waals surface area contributed by atoms with Crippen molar-refractivity contribution in [2.75, 3.05) is 0 Å². The quantitative estimate of drug-likeness (QED) is 0.248. The minimum absolute atomic E-state index is 0.0731. The van der Waals surface area contributed by atoms with Crippen molar-refractivity contribution < 1.29 is 22.7 Å². The number of hydrogen-bond acceptors (Lipinski definition) is 6. The number of carboxylic acid groups (broad SMARTS) is 1. The van der Waals surface area contributed by atoms with Crippen LogP contribution in [0.3, 0.4) is 0 Å². The van der Waals surface area contributed by atoms with Gasteiger partial charge in [0.1, 0.15) is 5.82 Å². The summed E-state index contributed by atoms with van der Waals surface area (Å²) < 4.78 is 40.4. The molecule has 3 aromatic carbocycles. The van der Waals surface area contributed by atoms with Gasteiger partial charge in [0.25, 0.3) is 0 Å². The highest BCUT2D eigenvalue weighted by Crippen LogP contribution is 2.46. The Morgan fingerprint density at radius 2 is 1.75 bits per heavy atom. The third-order valence-corrected chi connectivity index (χ3v) is 8.57. The number of rotatable bonds is 8. The van der Waals surface area contributed by atoms with Gasteiger partial charge in [0, 0.05) is 28.8 Å². The first-order valence-electron chi connectivity index (χ1n) is 12.5. The van der Waals surface area contributed by atoms with Gasteiger partial charge in [-0.05, 0) is 47.7 Å². The largest absolute Gasteiger partial charge is 0.476 e. The first kappa shape index (κ1) is 26.1. The molecule has 1 fully saturated rings. The number of primary sulfonamides is 1. The summed E-state index contributed by atoms with van der Waals surface area (Å²) in [5.41, 5.74) is 5.30. The van der Waals surface area contributed by atoms with Crippen LogP contribution in [0, 0.1) is 5.82 Å². The maximum absolute atomic E-state index is 15.2. The first-order chi connectivity index (χ1) is 19.2. The Kier molecular flexibility index (Phi) is 6.57. The lowest BCUT2D eigenvalue weighted by Gasteiger charge is -2.10. The van der Waals surface area contributed by atoms with Crippen LogP contribution in [0.2, 0.25) is 0 Å².